The first kappa shape index (κ1) is 12.4. The summed E-state index contributed by atoms with van der Waals surface area (Å²) >= 11 is 0. The van der Waals surface area contributed by atoms with E-state index in [4.69, 9.17) is 10.2 Å². The van der Waals surface area contributed by atoms with Crippen LogP contribution in [0.2, 0.25) is 0 Å². The molecule has 18 heavy (non-hydrogen) atoms. The van der Waals surface area contributed by atoms with Crippen LogP contribution in [0.4, 0.5) is 11.8 Å². The molecule has 0 saturated carbocycles. The second-order valence-electron chi connectivity index (χ2n) is 3.66. The van der Waals surface area contributed by atoms with Crippen LogP contribution in [0, 0.1) is 13.8 Å². The summed E-state index contributed by atoms with van der Waals surface area (Å²) in [6, 6.07) is -0.213. The molecule has 0 aromatic carbocycles. The van der Waals surface area contributed by atoms with Crippen LogP contribution in [0.3, 0.4) is 0 Å². The predicted octanol–water partition coefficient (Wildman–Crippen LogP) is -0.197. The summed E-state index contributed by atoms with van der Waals surface area (Å²) in [5, 5.41) is 10.9. The maximum Gasteiger partial charge on any atom is 0.329 e. The Hall–Kier alpha value is -2.10. The lowest BCUT2D eigenvalue weighted by molar-refractivity contribution is 0.534. The minimum absolute atomic E-state index is 0.0845. The lowest BCUT2D eigenvalue weighted by Gasteiger charge is -2.03. The van der Waals surface area contributed by atoms with E-state index in [1.807, 2.05) is 0 Å². The second-order valence-corrected chi connectivity index (χ2v) is 5.27. The molecule has 0 unspecified atom stereocenters. The van der Waals surface area contributed by atoms with Gasteiger partial charge in [0.2, 0.25) is 5.89 Å². The smallest absolute Gasteiger partial charge is 0.329 e. The van der Waals surface area contributed by atoms with E-state index in [9.17, 15) is 8.42 Å². The standard InChI is InChI=1S/C8H12N6O3S/c1-4-6(7(9)12-14(4)3)18(15,16)13-8-11-10-5(2)17-8/h1-3H3,(H2,9,12)(H,11,13). The molecule has 0 radical (unpaired) electrons. The third kappa shape index (κ3) is 2.01. The van der Waals surface area contributed by atoms with E-state index in [0.29, 0.717) is 5.69 Å². The first-order valence-electron chi connectivity index (χ1n) is 4.93. The molecule has 2 aromatic heterocycles. The van der Waals surface area contributed by atoms with Crippen LogP contribution in [0.15, 0.2) is 9.31 Å². The van der Waals surface area contributed by atoms with Crippen molar-refractivity contribution in [3.63, 3.8) is 0 Å². The molecular formula is C8H12N6O3S. The molecule has 0 atom stereocenters. The molecular weight excluding hydrogens is 260 g/mol. The van der Waals surface area contributed by atoms with Gasteiger partial charge in [-0.25, -0.2) is 13.1 Å². The lowest BCUT2D eigenvalue weighted by Crippen LogP contribution is -2.15. The molecule has 0 fully saturated rings. The summed E-state index contributed by atoms with van der Waals surface area (Å²) in [6.45, 7) is 3.14. The topological polar surface area (TPSA) is 129 Å². The van der Waals surface area contributed by atoms with Crippen molar-refractivity contribution in [2.24, 2.45) is 7.05 Å². The molecule has 10 heteroatoms. The minimum Gasteiger partial charge on any atom is -0.408 e. The van der Waals surface area contributed by atoms with Crippen LogP contribution in [0.1, 0.15) is 11.6 Å². The monoisotopic (exact) mass is 272 g/mol. The highest BCUT2D eigenvalue weighted by Gasteiger charge is 2.26. The fraction of sp³-hybridized carbons (Fsp3) is 0.375. The van der Waals surface area contributed by atoms with Gasteiger partial charge in [0.1, 0.15) is 0 Å². The Morgan fingerprint density at radius 2 is 2.00 bits per heavy atom. The van der Waals surface area contributed by atoms with Crippen molar-refractivity contribution < 1.29 is 12.8 Å². The number of rotatable bonds is 3. The van der Waals surface area contributed by atoms with Gasteiger partial charge in [-0.3, -0.25) is 4.68 Å². The average Bonchev–Trinajstić information content (AvgIpc) is 2.72. The molecule has 0 aliphatic carbocycles. The molecule has 9 nitrogen and oxygen atoms in total. The summed E-state index contributed by atoms with van der Waals surface area (Å²) in [7, 11) is -2.30. The van der Waals surface area contributed by atoms with Crippen LogP contribution in [0.25, 0.3) is 0 Å². The van der Waals surface area contributed by atoms with Crippen molar-refractivity contribution in [2.75, 3.05) is 10.5 Å². The molecule has 0 amide bonds. The normalized spacial score (nSPS) is 11.7. The fourth-order valence-electron chi connectivity index (χ4n) is 1.45. The highest BCUT2D eigenvalue weighted by Crippen LogP contribution is 2.23. The lowest BCUT2D eigenvalue weighted by atomic mass is 10.5. The molecule has 0 saturated heterocycles. The van der Waals surface area contributed by atoms with E-state index >= 15 is 0 Å². The van der Waals surface area contributed by atoms with Gasteiger partial charge in [-0.15, -0.1) is 5.10 Å². The fourth-order valence-corrected chi connectivity index (χ4v) is 2.70. The Balaban J connectivity index is 2.43. The Bertz CT molecular complexity index is 686. The van der Waals surface area contributed by atoms with Gasteiger partial charge in [0.25, 0.3) is 10.0 Å². The number of sulfonamides is 1. The zero-order chi connectivity index (χ0) is 13.5. The molecule has 0 aliphatic heterocycles. The number of nitrogens with two attached hydrogens (primary N) is 1. The van der Waals surface area contributed by atoms with Gasteiger partial charge in [-0.1, -0.05) is 5.10 Å². The number of hydrogen-bond acceptors (Lipinski definition) is 7. The molecule has 2 aromatic rings. The van der Waals surface area contributed by atoms with E-state index in [2.05, 4.69) is 20.0 Å². The number of aryl methyl sites for hydroxylation is 2. The summed E-state index contributed by atoms with van der Waals surface area (Å²) in [5.41, 5.74) is 5.98. The van der Waals surface area contributed by atoms with Gasteiger partial charge >= 0.3 is 6.01 Å². The summed E-state index contributed by atoms with van der Waals surface area (Å²) in [6.07, 6.45) is 0. The third-order valence-electron chi connectivity index (χ3n) is 2.32. The van der Waals surface area contributed by atoms with Crippen molar-refractivity contribution in [3.05, 3.63) is 11.6 Å². The van der Waals surface area contributed by atoms with Crippen molar-refractivity contribution in [2.45, 2.75) is 18.7 Å². The van der Waals surface area contributed by atoms with Crippen molar-refractivity contribution >= 4 is 21.9 Å². The van der Waals surface area contributed by atoms with Gasteiger partial charge < -0.3 is 10.2 Å². The largest absolute Gasteiger partial charge is 0.408 e. The average molecular weight is 272 g/mol. The van der Waals surface area contributed by atoms with Gasteiger partial charge in [0.05, 0.1) is 5.69 Å². The Kier molecular flexibility index (Phi) is 2.73. The van der Waals surface area contributed by atoms with Gasteiger partial charge in [0, 0.05) is 14.0 Å². The van der Waals surface area contributed by atoms with E-state index in [1.54, 1.807) is 20.9 Å². The summed E-state index contributed by atoms with van der Waals surface area (Å²) in [4.78, 5) is -0.0964. The molecule has 0 aliphatic rings. The van der Waals surface area contributed by atoms with Crippen LogP contribution >= 0.6 is 0 Å². The van der Waals surface area contributed by atoms with E-state index in [1.165, 1.54) is 4.68 Å². The molecule has 98 valence electrons. The third-order valence-corrected chi connectivity index (χ3v) is 3.81. The van der Waals surface area contributed by atoms with Crippen molar-refractivity contribution in [1.82, 2.24) is 20.0 Å². The highest BCUT2D eigenvalue weighted by molar-refractivity contribution is 7.92. The Morgan fingerprint density at radius 3 is 2.44 bits per heavy atom. The zero-order valence-electron chi connectivity index (χ0n) is 10.00. The number of nitrogens with one attached hydrogen (secondary N) is 1. The van der Waals surface area contributed by atoms with E-state index < -0.39 is 10.0 Å². The van der Waals surface area contributed by atoms with E-state index in [-0.39, 0.29) is 22.6 Å². The second kappa shape index (κ2) is 3.98. The van der Waals surface area contributed by atoms with Crippen LogP contribution in [-0.4, -0.2) is 28.4 Å². The van der Waals surface area contributed by atoms with Crippen LogP contribution in [0.5, 0.6) is 0 Å². The van der Waals surface area contributed by atoms with Crippen molar-refractivity contribution in [1.29, 1.82) is 0 Å². The maximum atomic E-state index is 12.1. The van der Waals surface area contributed by atoms with Crippen molar-refractivity contribution in [3.8, 4) is 0 Å². The van der Waals surface area contributed by atoms with Gasteiger partial charge in [-0.05, 0) is 6.92 Å². The predicted molar refractivity (Wildman–Crippen MR) is 62.2 cm³/mol. The van der Waals surface area contributed by atoms with Crippen LogP contribution < -0.4 is 10.5 Å². The van der Waals surface area contributed by atoms with Crippen LogP contribution in [-0.2, 0) is 17.1 Å². The zero-order valence-corrected chi connectivity index (χ0v) is 10.8. The number of hydrogen-bond donors (Lipinski definition) is 2. The molecule has 2 heterocycles. The molecule has 2 rings (SSSR count). The summed E-state index contributed by atoms with van der Waals surface area (Å²) in [5.74, 6) is 0.169. The van der Waals surface area contributed by atoms with Gasteiger partial charge in [-0.2, -0.15) is 5.10 Å². The number of aromatic nitrogens is 4. The Morgan fingerprint density at radius 1 is 1.33 bits per heavy atom. The highest BCUT2D eigenvalue weighted by atomic mass is 32.2. The minimum atomic E-state index is -3.90. The number of nitrogens with zero attached hydrogens (tertiary/aromatic N) is 4. The first-order valence-corrected chi connectivity index (χ1v) is 6.41. The molecule has 3 N–H and O–H groups in total. The quantitative estimate of drug-likeness (QED) is 0.791. The summed E-state index contributed by atoms with van der Waals surface area (Å²) < 4.78 is 32.7. The number of nitrogen functional groups attached to an aromatic ring is 1. The molecule has 0 bridgehead atoms. The van der Waals surface area contributed by atoms with Gasteiger partial charge in [0.15, 0.2) is 10.7 Å². The number of anilines is 2. The first-order chi connectivity index (χ1) is 8.31. The molecule has 0 spiro atoms. The SMILES string of the molecule is Cc1nnc(NS(=O)(=O)c2c(N)nn(C)c2C)o1. The van der Waals surface area contributed by atoms with E-state index in [0.717, 1.165) is 0 Å². The Labute approximate surface area is 103 Å². The maximum absolute atomic E-state index is 12.1.